The van der Waals surface area contributed by atoms with E-state index in [1.165, 1.54) is 11.8 Å². The monoisotopic (exact) mass is 382 g/mol. The highest BCUT2D eigenvalue weighted by Crippen LogP contribution is 2.35. The van der Waals surface area contributed by atoms with Crippen LogP contribution in [0.3, 0.4) is 0 Å². The molecule has 0 bridgehead atoms. The molecule has 0 radical (unpaired) electrons. The summed E-state index contributed by atoms with van der Waals surface area (Å²) in [6, 6.07) is 6.32. The molecule has 0 atom stereocenters. The molecule has 2 aromatic rings. The third kappa shape index (κ3) is 3.86. The summed E-state index contributed by atoms with van der Waals surface area (Å²) in [5.74, 6) is 0.0307. The van der Waals surface area contributed by atoms with Gasteiger partial charge in [-0.15, -0.1) is 0 Å². The molecule has 1 aliphatic rings. The topological polar surface area (TPSA) is 50.5 Å². The van der Waals surface area contributed by atoms with Crippen LogP contribution in [0.25, 0.3) is 11.8 Å². The Kier molecular flexibility index (Phi) is 5.56. The highest BCUT2D eigenvalue weighted by molar-refractivity contribution is 8.18. The molecule has 3 heterocycles. The molecule has 0 saturated carbocycles. The number of hydrogen-bond acceptors (Lipinski definition) is 4. The third-order valence-corrected chi connectivity index (χ3v) is 5.40. The molecule has 6 heteroatoms. The maximum Gasteiger partial charge on any atom is 0.266 e. The molecule has 0 unspecified atom stereocenters. The average Bonchev–Trinajstić information content (AvgIpc) is 3.04. The normalized spacial score (nSPS) is 17.9. The molecule has 1 aliphatic heterocycles. The standard InChI is InChI=1S/C21H26N4OS/c1-13(2)23-21-24(14(3)4)20(26)19(27-21)12-17-11-15(5)25(16(17)6)18-7-9-22-10-8-18/h7-14H,1-6H3/b19-12+,23-21?. The highest BCUT2D eigenvalue weighted by atomic mass is 32.2. The van der Waals surface area contributed by atoms with Crippen LogP contribution in [0.5, 0.6) is 0 Å². The molecule has 1 fully saturated rings. The molecular weight excluding hydrogens is 356 g/mol. The SMILES string of the molecule is Cc1cc(/C=C2/SC(=NC(C)C)N(C(C)C)C2=O)c(C)n1-c1ccncc1. The number of carbonyl (C=O) groups is 1. The van der Waals surface area contributed by atoms with Crippen molar-refractivity contribution < 1.29 is 4.79 Å². The Hall–Kier alpha value is -2.34. The van der Waals surface area contributed by atoms with Gasteiger partial charge in [0.25, 0.3) is 5.91 Å². The summed E-state index contributed by atoms with van der Waals surface area (Å²) in [5, 5.41) is 0.791. The molecule has 2 aromatic heterocycles. The van der Waals surface area contributed by atoms with Crippen LogP contribution >= 0.6 is 11.8 Å². The zero-order chi connectivity index (χ0) is 19.7. The number of aromatic nitrogens is 2. The van der Waals surface area contributed by atoms with Crippen LogP contribution in [0.15, 0.2) is 40.5 Å². The first-order valence-electron chi connectivity index (χ1n) is 9.19. The van der Waals surface area contributed by atoms with Crippen LogP contribution in [-0.4, -0.2) is 37.6 Å². The molecule has 1 amide bonds. The van der Waals surface area contributed by atoms with Gasteiger partial charge in [0.15, 0.2) is 5.17 Å². The van der Waals surface area contributed by atoms with Crippen LogP contribution in [0.4, 0.5) is 0 Å². The van der Waals surface area contributed by atoms with E-state index in [2.05, 4.69) is 34.5 Å². The molecule has 1 saturated heterocycles. The van der Waals surface area contributed by atoms with Crippen LogP contribution < -0.4 is 0 Å². The van der Waals surface area contributed by atoms with Gasteiger partial charge in [-0.1, -0.05) is 0 Å². The Morgan fingerprint density at radius 2 is 1.81 bits per heavy atom. The summed E-state index contributed by atoms with van der Waals surface area (Å²) in [6.45, 7) is 12.2. The van der Waals surface area contributed by atoms with Gasteiger partial charge in [-0.25, -0.2) is 0 Å². The number of thioether (sulfide) groups is 1. The first-order chi connectivity index (χ1) is 12.8. The number of carbonyl (C=O) groups excluding carboxylic acids is 1. The average molecular weight is 383 g/mol. The number of pyridine rings is 1. The quantitative estimate of drug-likeness (QED) is 0.728. The summed E-state index contributed by atoms with van der Waals surface area (Å²) < 4.78 is 2.18. The minimum atomic E-state index is 0.0307. The summed E-state index contributed by atoms with van der Waals surface area (Å²) >= 11 is 1.47. The second-order valence-electron chi connectivity index (χ2n) is 7.25. The van der Waals surface area contributed by atoms with Gasteiger partial charge in [0.2, 0.25) is 0 Å². The number of aliphatic imine (C=N–C) groups is 1. The van der Waals surface area contributed by atoms with Crippen molar-refractivity contribution in [3.63, 3.8) is 0 Å². The lowest BCUT2D eigenvalue weighted by Gasteiger charge is -2.20. The first kappa shape index (κ1) is 19.4. The number of hydrogen-bond donors (Lipinski definition) is 0. The largest absolute Gasteiger partial charge is 0.318 e. The van der Waals surface area contributed by atoms with Crippen molar-refractivity contribution in [2.45, 2.75) is 53.6 Å². The summed E-state index contributed by atoms with van der Waals surface area (Å²) in [4.78, 5) is 24.2. The van der Waals surface area contributed by atoms with Gasteiger partial charge in [0.1, 0.15) is 0 Å². The second-order valence-corrected chi connectivity index (χ2v) is 8.26. The predicted octanol–water partition coefficient (Wildman–Crippen LogP) is 4.58. The molecule has 0 N–H and O–H groups in total. The van der Waals surface area contributed by atoms with Gasteiger partial charge >= 0.3 is 0 Å². The summed E-state index contributed by atoms with van der Waals surface area (Å²) in [6.07, 6.45) is 5.57. The van der Waals surface area contributed by atoms with Crippen molar-refractivity contribution in [2.24, 2.45) is 4.99 Å². The van der Waals surface area contributed by atoms with Crippen LogP contribution in [0.1, 0.15) is 44.6 Å². The fourth-order valence-corrected chi connectivity index (χ4v) is 4.44. The van der Waals surface area contributed by atoms with Crippen molar-refractivity contribution in [2.75, 3.05) is 0 Å². The van der Waals surface area contributed by atoms with Crippen LogP contribution in [0.2, 0.25) is 0 Å². The fourth-order valence-electron chi connectivity index (χ4n) is 3.22. The van der Waals surface area contributed by atoms with Gasteiger partial charge < -0.3 is 4.57 Å². The number of nitrogens with zero attached hydrogens (tertiary/aromatic N) is 4. The first-order valence-corrected chi connectivity index (χ1v) is 10.0. The minimum Gasteiger partial charge on any atom is -0.318 e. The van der Waals surface area contributed by atoms with Crippen LogP contribution in [-0.2, 0) is 4.79 Å². The smallest absolute Gasteiger partial charge is 0.266 e. The van der Waals surface area contributed by atoms with Crippen molar-refractivity contribution in [1.82, 2.24) is 14.5 Å². The van der Waals surface area contributed by atoms with E-state index < -0.39 is 0 Å². The maximum absolute atomic E-state index is 13.0. The number of rotatable bonds is 4. The van der Waals surface area contributed by atoms with Gasteiger partial charge in [0.05, 0.1) is 4.91 Å². The summed E-state index contributed by atoms with van der Waals surface area (Å²) in [7, 11) is 0. The molecule has 0 spiro atoms. The lowest BCUT2D eigenvalue weighted by molar-refractivity contribution is -0.123. The zero-order valence-corrected chi connectivity index (χ0v) is 17.5. The van der Waals surface area contributed by atoms with E-state index in [1.807, 2.05) is 45.9 Å². The third-order valence-electron chi connectivity index (χ3n) is 4.40. The Labute approximate surface area is 165 Å². The lowest BCUT2D eigenvalue weighted by Crippen LogP contribution is -2.35. The molecule has 3 rings (SSSR count). The maximum atomic E-state index is 13.0. The zero-order valence-electron chi connectivity index (χ0n) is 16.7. The Morgan fingerprint density at radius 3 is 2.41 bits per heavy atom. The van der Waals surface area contributed by atoms with Crippen molar-refractivity contribution in [3.05, 3.63) is 52.4 Å². The van der Waals surface area contributed by atoms with E-state index >= 15 is 0 Å². The lowest BCUT2D eigenvalue weighted by atomic mass is 10.2. The second kappa shape index (κ2) is 7.72. The van der Waals surface area contributed by atoms with Gasteiger partial charge in [-0.2, -0.15) is 0 Å². The summed E-state index contributed by atoms with van der Waals surface area (Å²) in [5.41, 5.74) is 4.35. The molecule has 0 aliphatic carbocycles. The Bertz CT molecular complexity index is 910. The van der Waals surface area contributed by atoms with E-state index in [0.29, 0.717) is 0 Å². The van der Waals surface area contributed by atoms with Gasteiger partial charge in [0, 0.05) is 41.6 Å². The van der Waals surface area contributed by atoms with E-state index in [4.69, 9.17) is 0 Å². The number of aryl methyl sites for hydroxylation is 1. The van der Waals surface area contributed by atoms with E-state index in [0.717, 1.165) is 32.7 Å². The minimum absolute atomic E-state index is 0.0307. The van der Waals surface area contributed by atoms with E-state index in [1.54, 1.807) is 17.3 Å². The van der Waals surface area contributed by atoms with Gasteiger partial charge in [-0.3, -0.25) is 19.7 Å². The Balaban J connectivity index is 2.02. The molecule has 142 valence electrons. The fraction of sp³-hybridized carbons (Fsp3) is 0.381. The molecule has 0 aromatic carbocycles. The number of amidine groups is 1. The predicted molar refractivity (Wildman–Crippen MR) is 113 cm³/mol. The van der Waals surface area contributed by atoms with Crippen LogP contribution in [0, 0.1) is 13.8 Å². The molecular formula is C21H26N4OS. The van der Waals surface area contributed by atoms with Crippen molar-refractivity contribution in [3.8, 4) is 5.69 Å². The molecule has 27 heavy (non-hydrogen) atoms. The Morgan fingerprint density at radius 1 is 1.15 bits per heavy atom. The van der Waals surface area contributed by atoms with Gasteiger partial charge in [-0.05, 0) is 83.1 Å². The van der Waals surface area contributed by atoms with E-state index in [-0.39, 0.29) is 18.0 Å². The van der Waals surface area contributed by atoms with Crippen molar-refractivity contribution in [1.29, 1.82) is 0 Å². The molecule has 5 nitrogen and oxygen atoms in total. The van der Waals surface area contributed by atoms with E-state index in [9.17, 15) is 4.79 Å². The highest BCUT2D eigenvalue weighted by Gasteiger charge is 2.35. The van der Waals surface area contributed by atoms with Crippen molar-refractivity contribution >= 4 is 28.9 Å². The number of amides is 1.